The number of hydrogen-bond acceptors (Lipinski definition) is 4. The highest BCUT2D eigenvalue weighted by Crippen LogP contribution is 2.48. The predicted molar refractivity (Wildman–Crippen MR) is 167 cm³/mol. The first kappa shape index (κ1) is 28.7. The first-order valence-electron chi connectivity index (χ1n) is 13.7. The predicted octanol–water partition coefficient (Wildman–Crippen LogP) is 7.68. The van der Waals surface area contributed by atoms with Crippen molar-refractivity contribution in [2.75, 3.05) is 5.75 Å². The van der Waals surface area contributed by atoms with Crippen LogP contribution in [0.3, 0.4) is 0 Å². The van der Waals surface area contributed by atoms with Gasteiger partial charge in [0.05, 0.1) is 4.75 Å². The van der Waals surface area contributed by atoms with Crippen molar-refractivity contribution >= 4 is 23.8 Å². The molecule has 1 amide bonds. The van der Waals surface area contributed by atoms with Crippen LogP contribution in [0.4, 0.5) is 4.79 Å². The van der Waals surface area contributed by atoms with Crippen molar-refractivity contribution < 1.29 is 19.4 Å². The third-order valence-electron chi connectivity index (χ3n) is 7.03. The number of carboxylic acid groups (broad SMARTS) is 1. The molecule has 2 N–H and O–H groups in total. The Morgan fingerprint density at radius 2 is 0.976 bits per heavy atom. The van der Waals surface area contributed by atoms with Gasteiger partial charge in [0.1, 0.15) is 6.04 Å². The number of thioether (sulfide) groups is 1. The highest BCUT2D eigenvalue weighted by molar-refractivity contribution is 8.00. The van der Waals surface area contributed by atoms with Gasteiger partial charge in [0, 0.05) is 5.75 Å². The Morgan fingerprint density at radius 1 is 0.619 bits per heavy atom. The van der Waals surface area contributed by atoms with E-state index in [1.54, 1.807) is 0 Å². The van der Waals surface area contributed by atoms with E-state index >= 15 is 0 Å². The molecule has 0 bridgehead atoms. The Balaban J connectivity index is 1.44. The Labute approximate surface area is 250 Å². The van der Waals surface area contributed by atoms with Crippen LogP contribution in [-0.4, -0.2) is 29.0 Å². The first-order valence-corrected chi connectivity index (χ1v) is 14.7. The summed E-state index contributed by atoms with van der Waals surface area (Å²) >= 11 is 1.47. The lowest BCUT2D eigenvalue weighted by Crippen LogP contribution is -2.44. The van der Waals surface area contributed by atoms with Crippen molar-refractivity contribution in [1.29, 1.82) is 0 Å². The molecule has 6 heteroatoms. The van der Waals surface area contributed by atoms with Crippen LogP contribution in [-0.2, 0) is 14.3 Å². The van der Waals surface area contributed by atoms with E-state index in [-0.39, 0.29) is 5.75 Å². The van der Waals surface area contributed by atoms with Gasteiger partial charge in [-0.15, -0.1) is 11.8 Å². The minimum absolute atomic E-state index is 0.0878. The van der Waals surface area contributed by atoms with Crippen molar-refractivity contribution in [2.45, 2.75) is 16.9 Å². The summed E-state index contributed by atoms with van der Waals surface area (Å²) in [7, 11) is 0. The molecule has 0 saturated heterocycles. The second-order valence-electron chi connectivity index (χ2n) is 9.73. The summed E-state index contributed by atoms with van der Waals surface area (Å²) in [6.45, 7) is 0. The number of alkyl carbamates (subject to hydrolysis) is 1. The number of rotatable bonds is 11. The van der Waals surface area contributed by atoms with E-state index < -0.39 is 29.0 Å². The molecule has 1 unspecified atom stereocenters. The van der Waals surface area contributed by atoms with Crippen LogP contribution in [0.5, 0.6) is 0 Å². The van der Waals surface area contributed by atoms with Crippen molar-refractivity contribution in [1.82, 2.24) is 5.32 Å². The maximum absolute atomic E-state index is 13.2. The van der Waals surface area contributed by atoms with Crippen LogP contribution in [0.1, 0.15) is 33.9 Å². The van der Waals surface area contributed by atoms with Crippen LogP contribution in [0.2, 0.25) is 0 Å². The molecule has 0 aliphatic rings. The SMILES string of the molecule is O=C(NC(CSC(c1ccccc1)(c1ccccc1)c1ccccc1)C(=O)O)OC(c1ccccc1)c1ccccc1. The molecule has 210 valence electrons. The molecule has 42 heavy (non-hydrogen) atoms. The summed E-state index contributed by atoms with van der Waals surface area (Å²) in [5.74, 6) is -1.05. The molecule has 0 fully saturated rings. The van der Waals surface area contributed by atoms with E-state index in [1.807, 2.05) is 115 Å². The highest BCUT2D eigenvalue weighted by Gasteiger charge is 2.38. The molecule has 0 aliphatic carbocycles. The van der Waals surface area contributed by atoms with E-state index in [1.165, 1.54) is 11.8 Å². The van der Waals surface area contributed by atoms with E-state index in [4.69, 9.17) is 4.74 Å². The summed E-state index contributed by atoms with van der Waals surface area (Å²) in [5, 5.41) is 12.8. The molecule has 0 radical (unpaired) electrons. The summed E-state index contributed by atoms with van der Waals surface area (Å²) in [6, 6.07) is 47.7. The standard InChI is InChI=1S/C36H31NO4S/c38-34(39)32(37-35(40)41-33(27-16-6-1-7-17-27)28-18-8-2-9-19-28)26-42-36(29-20-10-3-11-21-29,30-22-12-4-13-23-30)31-24-14-5-15-25-31/h1-25,32-33H,26H2,(H,37,40)(H,38,39). The van der Waals surface area contributed by atoms with Crippen molar-refractivity contribution in [3.05, 3.63) is 179 Å². The molecule has 5 rings (SSSR count). The average Bonchev–Trinajstić information content (AvgIpc) is 3.05. The number of nitrogens with one attached hydrogen (secondary N) is 1. The maximum Gasteiger partial charge on any atom is 0.408 e. The van der Waals surface area contributed by atoms with Gasteiger partial charge in [-0.2, -0.15) is 0 Å². The summed E-state index contributed by atoms with van der Waals surface area (Å²) in [6.07, 6.45) is -1.49. The second kappa shape index (κ2) is 13.7. The number of carboxylic acids is 1. The second-order valence-corrected chi connectivity index (χ2v) is 11.0. The topological polar surface area (TPSA) is 75.6 Å². The zero-order valence-electron chi connectivity index (χ0n) is 22.9. The molecular formula is C36H31NO4S. The number of carbonyl (C=O) groups excluding carboxylic acids is 1. The Bertz CT molecular complexity index is 1430. The molecule has 0 heterocycles. The molecule has 0 spiro atoms. The molecule has 5 aromatic carbocycles. The van der Waals surface area contributed by atoms with Gasteiger partial charge in [0.25, 0.3) is 0 Å². The fourth-order valence-corrected chi connectivity index (χ4v) is 6.57. The van der Waals surface area contributed by atoms with Gasteiger partial charge in [-0.3, -0.25) is 0 Å². The molecule has 1 atom stereocenters. The Morgan fingerprint density at radius 3 is 1.33 bits per heavy atom. The van der Waals surface area contributed by atoms with E-state index in [0.717, 1.165) is 27.8 Å². The van der Waals surface area contributed by atoms with Crippen LogP contribution in [0, 0.1) is 0 Å². The van der Waals surface area contributed by atoms with Gasteiger partial charge >= 0.3 is 12.1 Å². The molecule has 0 saturated carbocycles. The van der Waals surface area contributed by atoms with Gasteiger partial charge in [0.15, 0.2) is 6.10 Å². The average molecular weight is 574 g/mol. The van der Waals surface area contributed by atoms with Crippen LogP contribution in [0.25, 0.3) is 0 Å². The minimum Gasteiger partial charge on any atom is -0.480 e. The number of benzene rings is 5. The number of amides is 1. The lowest BCUT2D eigenvalue weighted by atomic mass is 9.84. The lowest BCUT2D eigenvalue weighted by molar-refractivity contribution is -0.138. The van der Waals surface area contributed by atoms with Crippen molar-refractivity contribution in [3.8, 4) is 0 Å². The number of aliphatic carboxylic acids is 1. The zero-order chi connectivity index (χ0) is 29.2. The fourth-order valence-electron chi connectivity index (χ4n) is 5.02. The first-order chi connectivity index (χ1) is 20.6. The van der Waals surface area contributed by atoms with E-state index in [9.17, 15) is 14.7 Å². The quantitative estimate of drug-likeness (QED) is 0.159. The number of carbonyl (C=O) groups is 2. The monoisotopic (exact) mass is 573 g/mol. The smallest absolute Gasteiger partial charge is 0.408 e. The third-order valence-corrected chi connectivity index (χ3v) is 8.67. The van der Waals surface area contributed by atoms with Gasteiger partial charge < -0.3 is 15.2 Å². The Hall–Kier alpha value is -4.81. The third kappa shape index (κ3) is 6.56. The zero-order valence-corrected chi connectivity index (χ0v) is 23.7. The van der Waals surface area contributed by atoms with Crippen LogP contribution >= 0.6 is 11.8 Å². The van der Waals surface area contributed by atoms with Gasteiger partial charge in [-0.1, -0.05) is 152 Å². The highest BCUT2D eigenvalue weighted by atomic mass is 32.2. The molecule has 5 nitrogen and oxygen atoms in total. The molecular weight excluding hydrogens is 542 g/mol. The number of hydrogen-bond donors (Lipinski definition) is 2. The summed E-state index contributed by atoms with van der Waals surface area (Å²) < 4.78 is 5.14. The number of ether oxygens (including phenoxy) is 1. The van der Waals surface area contributed by atoms with Crippen LogP contribution < -0.4 is 5.32 Å². The maximum atomic E-state index is 13.2. The normalized spacial score (nSPS) is 11.9. The molecule has 5 aromatic rings. The fraction of sp³-hybridized carbons (Fsp3) is 0.111. The van der Waals surface area contributed by atoms with Gasteiger partial charge in [-0.25, -0.2) is 9.59 Å². The molecule has 0 aliphatic heterocycles. The lowest BCUT2D eigenvalue weighted by Gasteiger charge is -2.36. The Kier molecular flexibility index (Phi) is 9.37. The van der Waals surface area contributed by atoms with E-state index in [0.29, 0.717) is 0 Å². The molecule has 0 aromatic heterocycles. The van der Waals surface area contributed by atoms with Crippen LogP contribution in [0.15, 0.2) is 152 Å². The van der Waals surface area contributed by atoms with Crippen molar-refractivity contribution in [3.63, 3.8) is 0 Å². The van der Waals surface area contributed by atoms with Crippen molar-refractivity contribution in [2.24, 2.45) is 0 Å². The summed E-state index contributed by atoms with van der Waals surface area (Å²) in [4.78, 5) is 25.7. The largest absolute Gasteiger partial charge is 0.480 e. The van der Waals surface area contributed by atoms with E-state index in [2.05, 4.69) is 41.7 Å². The van der Waals surface area contributed by atoms with Gasteiger partial charge in [0.2, 0.25) is 0 Å². The van der Waals surface area contributed by atoms with Gasteiger partial charge in [-0.05, 0) is 27.8 Å². The minimum atomic E-state index is -1.20. The summed E-state index contributed by atoms with van der Waals surface area (Å²) in [5.41, 5.74) is 4.60.